The van der Waals surface area contributed by atoms with Gasteiger partial charge in [-0.05, 0) is 18.2 Å². The van der Waals surface area contributed by atoms with Gasteiger partial charge < -0.3 is 4.90 Å². The highest BCUT2D eigenvalue weighted by atomic mass is 35.5. The maximum Gasteiger partial charge on any atom is 0.175 e. The van der Waals surface area contributed by atoms with Crippen molar-refractivity contribution in [3.63, 3.8) is 0 Å². The minimum absolute atomic E-state index is 0.0148. The molecule has 102 valence electrons. The summed E-state index contributed by atoms with van der Waals surface area (Å²) in [6.45, 7) is 0. The molecule has 0 spiro atoms. The van der Waals surface area contributed by atoms with Crippen LogP contribution in [0.3, 0.4) is 0 Å². The van der Waals surface area contributed by atoms with Crippen LogP contribution >= 0.6 is 11.6 Å². The number of aliphatic imine (C=N–C) groups is 1. The van der Waals surface area contributed by atoms with Crippen LogP contribution in [0.5, 0.6) is 0 Å². The Morgan fingerprint density at radius 3 is 2.85 bits per heavy atom. The van der Waals surface area contributed by atoms with Gasteiger partial charge in [-0.2, -0.15) is 10.4 Å². The van der Waals surface area contributed by atoms with Gasteiger partial charge in [0.25, 0.3) is 0 Å². The Morgan fingerprint density at radius 1 is 1.50 bits per heavy atom. The molecule has 20 heavy (non-hydrogen) atoms. The molecule has 0 N–H and O–H groups in total. The minimum atomic E-state index is -0.513. The molecule has 0 saturated carbocycles. The summed E-state index contributed by atoms with van der Waals surface area (Å²) in [5.74, 6) is -0.148. The van der Waals surface area contributed by atoms with Gasteiger partial charge in [0.15, 0.2) is 5.82 Å². The molecule has 0 amide bonds. The molecule has 0 fully saturated rings. The lowest BCUT2D eigenvalue weighted by molar-refractivity contribution is 0.627. The van der Waals surface area contributed by atoms with E-state index in [4.69, 9.17) is 16.9 Å². The minimum Gasteiger partial charge on any atom is -0.369 e. The van der Waals surface area contributed by atoms with E-state index in [-0.39, 0.29) is 5.02 Å². The van der Waals surface area contributed by atoms with Crippen LogP contribution in [0.4, 0.5) is 10.2 Å². The molecule has 7 heteroatoms. The highest BCUT2D eigenvalue weighted by molar-refractivity contribution is 6.30. The predicted octanol–water partition coefficient (Wildman–Crippen LogP) is 2.76. The predicted molar refractivity (Wildman–Crippen MR) is 75.1 cm³/mol. The zero-order chi connectivity index (χ0) is 14.7. The first kappa shape index (κ1) is 14.0. The Labute approximate surface area is 120 Å². The maximum absolute atomic E-state index is 13.2. The summed E-state index contributed by atoms with van der Waals surface area (Å²) in [6, 6.07) is 6.20. The Morgan fingerprint density at radius 2 is 2.25 bits per heavy atom. The Hall–Kier alpha value is -2.39. The van der Waals surface area contributed by atoms with Gasteiger partial charge in [0.05, 0.1) is 23.2 Å². The first-order valence-electron chi connectivity index (χ1n) is 5.67. The van der Waals surface area contributed by atoms with Crippen LogP contribution in [0.2, 0.25) is 5.02 Å². The normalized spacial score (nSPS) is 10.8. The maximum atomic E-state index is 13.2. The van der Waals surface area contributed by atoms with Crippen molar-refractivity contribution < 1.29 is 4.39 Å². The van der Waals surface area contributed by atoms with Crippen molar-refractivity contribution in [3.05, 3.63) is 40.8 Å². The summed E-state index contributed by atoms with van der Waals surface area (Å²) < 4.78 is 14.6. The van der Waals surface area contributed by atoms with Gasteiger partial charge in [0.1, 0.15) is 17.4 Å². The molecule has 0 radical (unpaired) electrons. The van der Waals surface area contributed by atoms with Gasteiger partial charge in [0.2, 0.25) is 0 Å². The van der Waals surface area contributed by atoms with Crippen LogP contribution in [0.15, 0.2) is 29.4 Å². The highest BCUT2D eigenvalue weighted by Gasteiger charge is 2.12. The lowest BCUT2D eigenvalue weighted by Gasteiger charge is -2.07. The molecule has 0 saturated heterocycles. The summed E-state index contributed by atoms with van der Waals surface area (Å²) in [7, 11) is 3.62. The van der Waals surface area contributed by atoms with E-state index in [1.54, 1.807) is 11.2 Å². The van der Waals surface area contributed by atoms with E-state index in [0.29, 0.717) is 17.1 Å². The fourth-order valence-electron chi connectivity index (χ4n) is 1.52. The zero-order valence-corrected chi connectivity index (χ0v) is 11.6. The van der Waals surface area contributed by atoms with Crippen LogP contribution in [0, 0.1) is 17.1 Å². The van der Waals surface area contributed by atoms with Gasteiger partial charge in [-0.15, -0.1) is 0 Å². The van der Waals surface area contributed by atoms with Crippen molar-refractivity contribution >= 4 is 23.8 Å². The summed E-state index contributed by atoms with van der Waals surface area (Å²) in [5, 5.41) is 13.1. The Bertz CT molecular complexity index is 699. The zero-order valence-electron chi connectivity index (χ0n) is 10.9. The van der Waals surface area contributed by atoms with E-state index < -0.39 is 5.82 Å². The fraction of sp³-hybridized carbons (Fsp3) is 0.154. The molecule has 2 rings (SSSR count). The molecule has 2 aromatic rings. The van der Waals surface area contributed by atoms with E-state index in [9.17, 15) is 4.39 Å². The largest absolute Gasteiger partial charge is 0.369 e. The van der Waals surface area contributed by atoms with Crippen molar-refractivity contribution in [2.45, 2.75) is 0 Å². The molecular formula is C13H11ClFN5. The molecule has 0 atom stereocenters. The first-order chi connectivity index (χ1) is 9.52. The number of hydrogen-bond acceptors (Lipinski definition) is 3. The van der Waals surface area contributed by atoms with E-state index in [0.717, 1.165) is 0 Å². The van der Waals surface area contributed by atoms with Crippen molar-refractivity contribution in [1.29, 1.82) is 5.26 Å². The van der Waals surface area contributed by atoms with Crippen LogP contribution < -0.4 is 0 Å². The summed E-state index contributed by atoms with van der Waals surface area (Å²) in [4.78, 5) is 5.94. The van der Waals surface area contributed by atoms with Crippen molar-refractivity contribution in [1.82, 2.24) is 14.7 Å². The molecule has 0 aliphatic rings. The Balaban J connectivity index is 2.54. The van der Waals surface area contributed by atoms with Crippen molar-refractivity contribution in [2.24, 2.45) is 4.99 Å². The van der Waals surface area contributed by atoms with Gasteiger partial charge in [-0.25, -0.2) is 14.1 Å². The van der Waals surface area contributed by atoms with Crippen molar-refractivity contribution in [3.8, 4) is 11.8 Å². The number of nitrogens with zero attached hydrogens (tertiary/aromatic N) is 5. The number of halogens is 2. The topological polar surface area (TPSA) is 57.2 Å². The van der Waals surface area contributed by atoms with Gasteiger partial charge in [-0.3, -0.25) is 0 Å². The molecule has 5 nitrogen and oxygen atoms in total. The van der Waals surface area contributed by atoms with Crippen molar-refractivity contribution in [2.75, 3.05) is 14.1 Å². The average molecular weight is 292 g/mol. The number of benzene rings is 1. The number of rotatable bonds is 3. The van der Waals surface area contributed by atoms with E-state index in [2.05, 4.69) is 10.1 Å². The first-order valence-corrected chi connectivity index (χ1v) is 6.05. The van der Waals surface area contributed by atoms with E-state index in [1.807, 2.05) is 20.2 Å². The second-order valence-corrected chi connectivity index (χ2v) is 4.62. The standard InChI is InChI=1S/C13H11ClFN5/c1-19(2)8-17-13-9(6-16)7-18-20(13)10-3-4-12(15)11(14)5-10/h3-5,7-8H,1-2H3/b17-8+. The third-order valence-electron chi connectivity index (χ3n) is 2.42. The summed E-state index contributed by atoms with van der Waals surface area (Å²) in [5.41, 5.74) is 0.854. The average Bonchev–Trinajstić information content (AvgIpc) is 2.82. The molecule has 1 aromatic heterocycles. The molecule has 0 unspecified atom stereocenters. The number of hydrogen-bond donors (Lipinski definition) is 0. The molecule has 0 bridgehead atoms. The van der Waals surface area contributed by atoms with Crippen LogP contribution in [0.25, 0.3) is 5.69 Å². The van der Waals surface area contributed by atoms with Gasteiger partial charge in [0, 0.05) is 14.1 Å². The summed E-state index contributed by atoms with van der Waals surface area (Å²) >= 11 is 5.76. The van der Waals surface area contributed by atoms with E-state index in [1.165, 1.54) is 29.1 Å². The van der Waals surface area contributed by atoms with Crippen LogP contribution in [-0.4, -0.2) is 35.1 Å². The third-order valence-corrected chi connectivity index (χ3v) is 2.71. The van der Waals surface area contributed by atoms with Crippen LogP contribution in [-0.2, 0) is 0 Å². The lowest BCUT2D eigenvalue weighted by atomic mass is 10.3. The van der Waals surface area contributed by atoms with Crippen LogP contribution in [0.1, 0.15) is 5.56 Å². The van der Waals surface area contributed by atoms with E-state index >= 15 is 0 Å². The fourth-order valence-corrected chi connectivity index (χ4v) is 1.70. The Kier molecular flexibility index (Phi) is 4.01. The number of nitriles is 1. The molecular weight excluding hydrogens is 281 g/mol. The second kappa shape index (κ2) is 5.72. The highest BCUT2D eigenvalue weighted by Crippen LogP contribution is 2.25. The molecule has 1 heterocycles. The van der Waals surface area contributed by atoms with Gasteiger partial charge in [-0.1, -0.05) is 11.6 Å². The third kappa shape index (κ3) is 2.78. The smallest absolute Gasteiger partial charge is 0.175 e. The monoisotopic (exact) mass is 291 g/mol. The SMILES string of the molecule is CN(C)/C=N/c1c(C#N)cnn1-c1ccc(F)c(Cl)c1. The lowest BCUT2D eigenvalue weighted by Crippen LogP contribution is -2.07. The molecule has 1 aromatic carbocycles. The number of aromatic nitrogens is 2. The summed E-state index contributed by atoms with van der Waals surface area (Å²) in [6.07, 6.45) is 2.96. The second-order valence-electron chi connectivity index (χ2n) is 4.21. The molecule has 0 aliphatic carbocycles. The molecule has 0 aliphatic heterocycles. The van der Waals surface area contributed by atoms with Gasteiger partial charge >= 0.3 is 0 Å². The quantitative estimate of drug-likeness (QED) is 0.645.